The van der Waals surface area contributed by atoms with Crippen molar-refractivity contribution in [2.24, 2.45) is 5.84 Å². The number of carbonyl (C=O) groups excluding carboxylic acids is 1. The second kappa shape index (κ2) is 9.57. The molecule has 0 aromatic heterocycles. The summed E-state index contributed by atoms with van der Waals surface area (Å²) in [5, 5.41) is 0. The normalized spacial score (nSPS) is 11.1. The van der Waals surface area contributed by atoms with Crippen molar-refractivity contribution in [1.82, 2.24) is 15.2 Å². The highest BCUT2D eigenvalue weighted by atomic mass is 16.2. The van der Waals surface area contributed by atoms with Crippen LogP contribution in [-0.2, 0) is 4.79 Å². The van der Waals surface area contributed by atoms with Gasteiger partial charge >= 0.3 is 0 Å². The first-order chi connectivity index (χ1) is 7.60. The maximum Gasteiger partial charge on any atom is 0.233 e. The zero-order valence-corrected chi connectivity index (χ0v) is 10.8. The molecule has 16 heavy (non-hydrogen) atoms. The maximum atomic E-state index is 11.0. The molecule has 0 saturated carbocycles. The van der Waals surface area contributed by atoms with Crippen LogP contribution >= 0.6 is 0 Å². The summed E-state index contributed by atoms with van der Waals surface area (Å²) < 4.78 is 0. The number of rotatable bonds is 9. The fourth-order valence-corrected chi connectivity index (χ4v) is 1.53. The van der Waals surface area contributed by atoms with E-state index in [0.29, 0.717) is 6.42 Å². The van der Waals surface area contributed by atoms with Crippen LogP contribution in [0.1, 0.15) is 26.2 Å². The molecule has 0 rings (SSSR count). The van der Waals surface area contributed by atoms with Crippen molar-refractivity contribution in [3.8, 4) is 0 Å². The molecule has 0 radical (unpaired) electrons. The molecule has 0 aliphatic rings. The highest BCUT2D eigenvalue weighted by Crippen LogP contribution is 1.97. The summed E-state index contributed by atoms with van der Waals surface area (Å²) in [7, 11) is 4.15. The average Bonchev–Trinajstić information content (AvgIpc) is 2.25. The highest BCUT2D eigenvalue weighted by molar-refractivity contribution is 5.75. The number of nitrogens with zero attached hydrogens (tertiary/aromatic N) is 2. The molecule has 5 nitrogen and oxygen atoms in total. The Morgan fingerprint density at radius 2 is 1.88 bits per heavy atom. The lowest BCUT2D eigenvalue weighted by Gasteiger charge is -2.23. The van der Waals surface area contributed by atoms with Crippen LogP contribution in [0.3, 0.4) is 0 Å². The van der Waals surface area contributed by atoms with E-state index in [9.17, 15) is 4.79 Å². The van der Waals surface area contributed by atoms with E-state index in [2.05, 4.69) is 36.2 Å². The lowest BCUT2D eigenvalue weighted by molar-refractivity contribution is -0.121. The summed E-state index contributed by atoms with van der Waals surface area (Å²) in [5.74, 6) is 4.95. The number of amides is 1. The number of nitrogens with two attached hydrogens (primary N) is 1. The molecule has 0 aromatic carbocycles. The molecule has 0 saturated heterocycles. The first-order valence-corrected chi connectivity index (χ1v) is 5.96. The molecular formula is C11H26N4O. The van der Waals surface area contributed by atoms with E-state index in [1.165, 1.54) is 0 Å². The summed E-state index contributed by atoms with van der Waals surface area (Å²) in [6.07, 6.45) is 2.53. The smallest absolute Gasteiger partial charge is 0.233 e. The van der Waals surface area contributed by atoms with Gasteiger partial charge < -0.3 is 9.80 Å². The number of hydrogen-bond acceptors (Lipinski definition) is 4. The Morgan fingerprint density at radius 1 is 1.19 bits per heavy atom. The van der Waals surface area contributed by atoms with Gasteiger partial charge in [-0.25, -0.2) is 5.84 Å². The molecule has 0 aliphatic carbocycles. The third-order valence-corrected chi connectivity index (χ3v) is 2.44. The van der Waals surface area contributed by atoms with Crippen molar-refractivity contribution in [2.45, 2.75) is 26.2 Å². The molecule has 0 heterocycles. The van der Waals surface area contributed by atoms with Gasteiger partial charge in [0.1, 0.15) is 0 Å². The predicted octanol–water partition coefficient (Wildman–Crippen LogP) is 0.0301. The minimum atomic E-state index is -0.0796. The number of carbonyl (C=O) groups is 1. The second-order valence-electron chi connectivity index (χ2n) is 4.32. The fourth-order valence-electron chi connectivity index (χ4n) is 1.53. The fraction of sp³-hybridized carbons (Fsp3) is 0.909. The van der Waals surface area contributed by atoms with Crippen molar-refractivity contribution < 1.29 is 4.79 Å². The van der Waals surface area contributed by atoms with E-state index < -0.39 is 0 Å². The molecule has 5 heteroatoms. The van der Waals surface area contributed by atoms with Gasteiger partial charge in [-0.05, 0) is 40.0 Å². The molecule has 0 aromatic rings. The Morgan fingerprint density at radius 3 is 2.38 bits per heavy atom. The van der Waals surface area contributed by atoms with Gasteiger partial charge in [-0.15, -0.1) is 0 Å². The van der Waals surface area contributed by atoms with Crippen LogP contribution in [0, 0.1) is 0 Å². The van der Waals surface area contributed by atoms with E-state index in [1.54, 1.807) is 0 Å². The largest absolute Gasteiger partial charge is 0.308 e. The van der Waals surface area contributed by atoms with Gasteiger partial charge in [-0.1, -0.05) is 6.92 Å². The number of hydrogen-bond donors (Lipinski definition) is 2. The lowest BCUT2D eigenvalue weighted by atomic mass is 10.2. The van der Waals surface area contributed by atoms with E-state index in [0.717, 1.165) is 39.0 Å². The van der Waals surface area contributed by atoms with Crippen molar-refractivity contribution in [3.05, 3.63) is 0 Å². The van der Waals surface area contributed by atoms with Crippen LogP contribution in [0.4, 0.5) is 0 Å². The summed E-state index contributed by atoms with van der Waals surface area (Å²) in [6.45, 7) is 6.36. The first-order valence-electron chi connectivity index (χ1n) is 5.96. The van der Waals surface area contributed by atoms with Gasteiger partial charge in [0.25, 0.3) is 0 Å². The van der Waals surface area contributed by atoms with E-state index in [1.807, 2.05) is 0 Å². The van der Waals surface area contributed by atoms with Gasteiger partial charge in [0.05, 0.1) is 0 Å². The molecular weight excluding hydrogens is 204 g/mol. The molecule has 0 bridgehead atoms. The Labute approximate surface area is 98.9 Å². The minimum Gasteiger partial charge on any atom is -0.308 e. The standard InChI is InChI=1S/C11H26N4O/c1-4-7-15(10-9-14(2)3)8-5-6-11(16)13-12/h4-10,12H2,1-3H3,(H,13,16). The topological polar surface area (TPSA) is 61.6 Å². The van der Waals surface area contributed by atoms with Gasteiger partial charge in [0.15, 0.2) is 0 Å². The predicted molar refractivity (Wildman–Crippen MR) is 66.8 cm³/mol. The van der Waals surface area contributed by atoms with Crippen LogP contribution < -0.4 is 11.3 Å². The first kappa shape index (κ1) is 15.3. The summed E-state index contributed by atoms with van der Waals surface area (Å²) >= 11 is 0. The third kappa shape index (κ3) is 8.64. The summed E-state index contributed by atoms with van der Waals surface area (Å²) in [4.78, 5) is 15.5. The molecule has 0 fully saturated rings. The van der Waals surface area contributed by atoms with Gasteiger partial charge in [-0.2, -0.15) is 0 Å². The van der Waals surface area contributed by atoms with Crippen LogP contribution in [0.15, 0.2) is 0 Å². The number of nitrogens with one attached hydrogen (secondary N) is 1. The van der Waals surface area contributed by atoms with Crippen molar-refractivity contribution >= 4 is 5.91 Å². The van der Waals surface area contributed by atoms with Crippen LogP contribution in [0.25, 0.3) is 0 Å². The van der Waals surface area contributed by atoms with E-state index in [4.69, 9.17) is 5.84 Å². The Kier molecular flexibility index (Phi) is 9.18. The Hall–Kier alpha value is -0.650. The molecule has 96 valence electrons. The SMILES string of the molecule is CCCN(CCCC(=O)NN)CCN(C)C. The molecule has 1 amide bonds. The van der Waals surface area contributed by atoms with Gasteiger partial charge in [0.2, 0.25) is 5.91 Å². The highest BCUT2D eigenvalue weighted by Gasteiger charge is 2.05. The third-order valence-electron chi connectivity index (χ3n) is 2.44. The Balaban J connectivity index is 3.71. The second-order valence-corrected chi connectivity index (χ2v) is 4.32. The van der Waals surface area contributed by atoms with Crippen LogP contribution in [0.5, 0.6) is 0 Å². The number of hydrazine groups is 1. The Bertz CT molecular complexity index is 185. The monoisotopic (exact) mass is 230 g/mol. The van der Waals surface area contributed by atoms with Gasteiger partial charge in [-0.3, -0.25) is 10.2 Å². The molecule has 0 unspecified atom stereocenters. The minimum absolute atomic E-state index is 0.0796. The average molecular weight is 230 g/mol. The zero-order chi connectivity index (χ0) is 12.4. The van der Waals surface area contributed by atoms with E-state index in [-0.39, 0.29) is 5.91 Å². The molecule has 3 N–H and O–H groups in total. The van der Waals surface area contributed by atoms with Crippen molar-refractivity contribution in [1.29, 1.82) is 0 Å². The summed E-state index contributed by atoms with van der Waals surface area (Å²) in [6, 6.07) is 0. The maximum absolute atomic E-state index is 11.0. The quantitative estimate of drug-likeness (QED) is 0.333. The molecule has 0 spiro atoms. The van der Waals surface area contributed by atoms with Crippen molar-refractivity contribution in [3.63, 3.8) is 0 Å². The van der Waals surface area contributed by atoms with Crippen LogP contribution in [-0.4, -0.2) is 56.0 Å². The zero-order valence-electron chi connectivity index (χ0n) is 10.8. The van der Waals surface area contributed by atoms with E-state index >= 15 is 0 Å². The molecule has 0 aliphatic heterocycles. The van der Waals surface area contributed by atoms with Crippen LogP contribution in [0.2, 0.25) is 0 Å². The van der Waals surface area contributed by atoms with Gasteiger partial charge in [0, 0.05) is 19.5 Å². The number of likely N-dealkylation sites (N-methyl/N-ethyl adjacent to an activating group) is 1. The lowest BCUT2D eigenvalue weighted by Crippen LogP contribution is -2.34. The molecule has 0 atom stereocenters. The summed E-state index contributed by atoms with van der Waals surface area (Å²) in [5.41, 5.74) is 2.16. The van der Waals surface area contributed by atoms with Crippen molar-refractivity contribution in [2.75, 3.05) is 40.3 Å².